The smallest absolute Gasteiger partial charge is 0.240 e. The number of amides is 1. The third-order valence-corrected chi connectivity index (χ3v) is 7.99. The lowest BCUT2D eigenvalue weighted by Crippen LogP contribution is -2.51. The van der Waals surface area contributed by atoms with E-state index in [1.807, 2.05) is 11.0 Å². The largest absolute Gasteiger partial charge is 0.491 e. The molecule has 36 heavy (non-hydrogen) atoms. The molecule has 0 aliphatic carbocycles. The number of carbonyl (C=O) groups is 1. The van der Waals surface area contributed by atoms with Gasteiger partial charge in [-0.05, 0) is 62.0 Å². The maximum atomic E-state index is 13.5. The van der Waals surface area contributed by atoms with Gasteiger partial charge in [-0.15, -0.1) is 0 Å². The summed E-state index contributed by atoms with van der Waals surface area (Å²) in [4.78, 5) is 20.4. The van der Waals surface area contributed by atoms with Crippen LogP contribution in [0.3, 0.4) is 0 Å². The van der Waals surface area contributed by atoms with Gasteiger partial charge in [-0.25, -0.2) is 0 Å². The van der Waals surface area contributed by atoms with E-state index in [1.54, 1.807) is 0 Å². The number of piperidine rings is 2. The fourth-order valence-electron chi connectivity index (χ4n) is 5.87. The lowest BCUT2D eigenvalue weighted by molar-refractivity contribution is -0.139. The number of benzene rings is 2. The summed E-state index contributed by atoms with van der Waals surface area (Å²) in [5.41, 5.74) is 3.67. The van der Waals surface area contributed by atoms with Gasteiger partial charge in [-0.3, -0.25) is 14.6 Å². The molecular weight excluding hydrogens is 450 g/mol. The first-order chi connectivity index (χ1) is 17.7. The Morgan fingerprint density at radius 2 is 1.81 bits per heavy atom. The first-order valence-electron chi connectivity index (χ1n) is 13.8. The lowest BCUT2D eigenvalue weighted by Gasteiger charge is -2.36. The molecule has 0 saturated carbocycles. The standard InChI is InChI=1S/C30H41N3O3/c1-2-32-15-7-6-10-28(32)30(34)33-18-19-35-29-12-11-25(20-26(29)22-33)21-31-16-13-27(14-17-31)36-23-24-8-4-3-5-9-24/h3-5,8-9,11-12,20,27-28H,2,6-7,10,13-19,21-23H2,1H3. The number of likely N-dealkylation sites (tertiary alicyclic amines) is 2. The molecular formula is C30H41N3O3. The third kappa shape index (κ3) is 6.28. The Labute approximate surface area is 216 Å². The molecule has 1 atom stereocenters. The van der Waals surface area contributed by atoms with Crippen LogP contribution in [0.1, 0.15) is 55.7 Å². The topological polar surface area (TPSA) is 45.2 Å². The van der Waals surface area contributed by atoms with Crippen molar-refractivity contribution in [1.29, 1.82) is 0 Å². The molecule has 0 bridgehead atoms. The Bertz CT molecular complexity index is 990. The van der Waals surface area contributed by atoms with E-state index >= 15 is 0 Å². The minimum absolute atomic E-state index is 0.0267. The van der Waals surface area contributed by atoms with Crippen molar-refractivity contribution in [2.45, 2.75) is 70.9 Å². The van der Waals surface area contributed by atoms with E-state index in [4.69, 9.17) is 9.47 Å². The minimum Gasteiger partial charge on any atom is -0.491 e. The second kappa shape index (κ2) is 12.2. The Morgan fingerprint density at radius 3 is 2.61 bits per heavy atom. The molecule has 0 N–H and O–H groups in total. The van der Waals surface area contributed by atoms with Crippen LogP contribution in [0, 0.1) is 0 Å². The minimum atomic E-state index is 0.0267. The number of nitrogens with zero attached hydrogens (tertiary/aromatic N) is 3. The van der Waals surface area contributed by atoms with Crippen LogP contribution in [0.5, 0.6) is 5.75 Å². The quantitative estimate of drug-likeness (QED) is 0.572. The summed E-state index contributed by atoms with van der Waals surface area (Å²) in [5.74, 6) is 1.20. The number of likely N-dealkylation sites (N-methyl/N-ethyl adjacent to an activating group) is 1. The second-order valence-electron chi connectivity index (χ2n) is 10.5. The summed E-state index contributed by atoms with van der Waals surface area (Å²) < 4.78 is 12.2. The highest BCUT2D eigenvalue weighted by Gasteiger charge is 2.32. The molecule has 194 valence electrons. The molecule has 0 spiro atoms. The zero-order valence-corrected chi connectivity index (χ0v) is 21.7. The van der Waals surface area contributed by atoms with E-state index in [0.29, 0.717) is 32.4 Å². The molecule has 6 nitrogen and oxygen atoms in total. The number of ether oxygens (including phenoxy) is 2. The maximum absolute atomic E-state index is 13.5. The Hall–Kier alpha value is -2.41. The summed E-state index contributed by atoms with van der Waals surface area (Å²) in [7, 11) is 0. The Balaban J connectivity index is 1.15. The van der Waals surface area contributed by atoms with Crippen molar-refractivity contribution >= 4 is 5.91 Å². The van der Waals surface area contributed by atoms with Gasteiger partial charge in [0.15, 0.2) is 0 Å². The molecule has 0 aromatic heterocycles. The molecule has 3 aliphatic heterocycles. The molecule has 0 radical (unpaired) electrons. The van der Waals surface area contributed by atoms with Crippen molar-refractivity contribution < 1.29 is 14.3 Å². The Morgan fingerprint density at radius 1 is 0.972 bits per heavy atom. The predicted octanol–water partition coefficient (Wildman–Crippen LogP) is 4.46. The van der Waals surface area contributed by atoms with Gasteiger partial charge in [0.1, 0.15) is 12.4 Å². The van der Waals surface area contributed by atoms with E-state index in [-0.39, 0.29) is 11.9 Å². The molecule has 3 heterocycles. The molecule has 3 aliphatic rings. The van der Waals surface area contributed by atoms with Crippen LogP contribution in [0.25, 0.3) is 0 Å². The van der Waals surface area contributed by atoms with Crippen molar-refractivity contribution in [3.05, 3.63) is 65.2 Å². The van der Waals surface area contributed by atoms with Gasteiger partial charge in [0.25, 0.3) is 0 Å². The summed E-state index contributed by atoms with van der Waals surface area (Å²) in [5, 5.41) is 0. The number of fused-ring (bicyclic) bond motifs is 1. The lowest BCUT2D eigenvalue weighted by atomic mass is 10.0. The van der Waals surface area contributed by atoms with E-state index in [2.05, 4.69) is 59.2 Å². The normalized spacial score (nSPS) is 22.0. The summed E-state index contributed by atoms with van der Waals surface area (Å²) in [6.45, 7) is 9.73. The monoisotopic (exact) mass is 491 g/mol. The SMILES string of the molecule is CCN1CCCCC1C(=O)N1CCOc2ccc(CN3CCC(OCc4ccccc4)CC3)cc2C1. The summed E-state index contributed by atoms with van der Waals surface area (Å²) in [6, 6.07) is 17.0. The van der Waals surface area contributed by atoms with E-state index in [1.165, 1.54) is 17.5 Å². The van der Waals surface area contributed by atoms with Crippen LogP contribution >= 0.6 is 0 Å². The zero-order chi connectivity index (χ0) is 24.7. The average Bonchev–Trinajstić information content (AvgIpc) is 3.15. The molecule has 2 fully saturated rings. The van der Waals surface area contributed by atoms with Crippen LogP contribution < -0.4 is 4.74 Å². The molecule has 1 unspecified atom stereocenters. The van der Waals surface area contributed by atoms with Gasteiger partial charge in [-0.1, -0.05) is 49.7 Å². The zero-order valence-electron chi connectivity index (χ0n) is 21.7. The predicted molar refractivity (Wildman–Crippen MR) is 142 cm³/mol. The van der Waals surface area contributed by atoms with Crippen molar-refractivity contribution in [2.75, 3.05) is 39.3 Å². The average molecular weight is 492 g/mol. The van der Waals surface area contributed by atoms with Crippen LogP contribution in [-0.2, 0) is 29.2 Å². The van der Waals surface area contributed by atoms with Crippen molar-refractivity contribution in [3.8, 4) is 5.75 Å². The third-order valence-electron chi connectivity index (χ3n) is 7.99. The van der Waals surface area contributed by atoms with Gasteiger partial charge in [-0.2, -0.15) is 0 Å². The molecule has 1 amide bonds. The molecule has 2 saturated heterocycles. The highest BCUT2D eigenvalue weighted by molar-refractivity contribution is 5.82. The molecule has 6 heteroatoms. The fourth-order valence-corrected chi connectivity index (χ4v) is 5.87. The van der Waals surface area contributed by atoms with Gasteiger partial charge >= 0.3 is 0 Å². The maximum Gasteiger partial charge on any atom is 0.240 e. The first kappa shape index (κ1) is 25.2. The van der Waals surface area contributed by atoms with Gasteiger partial charge in [0.05, 0.1) is 25.3 Å². The van der Waals surface area contributed by atoms with Crippen LogP contribution in [-0.4, -0.2) is 72.1 Å². The second-order valence-corrected chi connectivity index (χ2v) is 10.5. The highest BCUT2D eigenvalue weighted by atomic mass is 16.5. The summed E-state index contributed by atoms with van der Waals surface area (Å²) >= 11 is 0. The van der Waals surface area contributed by atoms with Crippen molar-refractivity contribution in [3.63, 3.8) is 0 Å². The molecule has 2 aromatic rings. The van der Waals surface area contributed by atoms with E-state index in [9.17, 15) is 4.79 Å². The molecule has 5 rings (SSSR count). The molecule has 2 aromatic carbocycles. The highest BCUT2D eigenvalue weighted by Crippen LogP contribution is 2.28. The number of carbonyl (C=O) groups excluding carboxylic acids is 1. The number of hydrogen-bond donors (Lipinski definition) is 0. The van der Waals surface area contributed by atoms with E-state index in [0.717, 1.165) is 69.7 Å². The van der Waals surface area contributed by atoms with Crippen molar-refractivity contribution in [1.82, 2.24) is 14.7 Å². The van der Waals surface area contributed by atoms with Crippen LogP contribution in [0.4, 0.5) is 0 Å². The van der Waals surface area contributed by atoms with Crippen LogP contribution in [0.15, 0.2) is 48.5 Å². The Kier molecular flexibility index (Phi) is 8.57. The van der Waals surface area contributed by atoms with E-state index < -0.39 is 0 Å². The first-order valence-corrected chi connectivity index (χ1v) is 13.8. The van der Waals surface area contributed by atoms with Gasteiger partial charge in [0, 0.05) is 31.7 Å². The summed E-state index contributed by atoms with van der Waals surface area (Å²) in [6.07, 6.45) is 5.79. The van der Waals surface area contributed by atoms with Gasteiger partial charge < -0.3 is 14.4 Å². The number of rotatable bonds is 7. The van der Waals surface area contributed by atoms with Crippen molar-refractivity contribution in [2.24, 2.45) is 0 Å². The van der Waals surface area contributed by atoms with Gasteiger partial charge in [0.2, 0.25) is 5.91 Å². The number of hydrogen-bond acceptors (Lipinski definition) is 5. The fraction of sp³-hybridized carbons (Fsp3) is 0.567. The van der Waals surface area contributed by atoms with Crippen LogP contribution in [0.2, 0.25) is 0 Å².